The Bertz CT molecular complexity index is 378. The van der Waals surface area contributed by atoms with Crippen molar-refractivity contribution in [1.29, 1.82) is 0 Å². The number of hydrogen-bond donors (Lipinski definition) is 0. The molecule has 4 heteroatoms. The summed E-state index contributed by atoms with van der Waals surface area (Å²) in [6.45, 7) is 2.95. The first-order valence-corrected chi connectivity index (χ1v) is 5.46. The van der Waals surface area contributed by atoms with Gasteiger partial charge in [-0.3, -0.25) is 4.79 Å². The number of amides is 1. The van der Waals surface area contributed by atoms with Crippen LogP contribution in [0.25, 0.3) is 0 Å². The van der Waals surface area contributed by atoms with Gasteiger partial charge in [-0.15, -0.1) is 6.42 Å². The lowest BCUT2D eigenvalue weighted by Gasteiger charge is -2.17. The molecule has 0 aliphatic rings. The summed E-state index contributed by atoms with van der Waals surface area (Å²) in [6, 6.07) is 3.32. The number of furan rings is 1. The van der Waals surface area contributed by atoms with Gasteiger partial charge in [-0.05, 0) is 34.5 Å². The van der Waals surface area contributed by atoms with Crippen LogP contribution in [0.5, 0.6) is 0 Å². The van der Waals surface area contributed by atoms with Gasteiger partial charge in [-0.1, -0.05) is 12.8 Å². The maximum absolute atomic E-state index is 11.9. The molecule has 0 N–H and O–H groups in total. The third-order valence-corrected chi connectivity index (χ3v) is 2.27. The lowest BCUT2D eigenvalue weighted by molar-refractivity contribution is 0.0743. The van der Waals surface area contributed by atoms with E-state index in [2.05, 4.69) is 21.9 Å². The molecule has 0 saturated heterocycles. The predicted octanol–water partition coefficient (Wildman–Crippen LogP) is 2.53. The molecule has 1 heterocycles. The van der Waals surface area contributed by atoms with Crippen molar-refractivity contribution < 1.29 is 9.21 Å². The third-order valence-electron chi connectivity index (χ3n) is 1.85. The molecule has 15 heavy (non-hydrogen) atoms. The first kappa shape index (κ1) is 11.9. The van der Waals surface area contributed by atoms with Gasteiger partial charge in [0.15, 0.2) is 10.4 Å². The molecule has 0 aromatic carbocycles. The van der Waals surface area contributed by atoms with E-state index < -0.39 is 0 Å². The van der Waals surface area contributed by atoms with E-state index in [1.165, 1.54) is 0 Å². The van der Waals surface area contributed by atoms with Gasteiger partial charge in [0.1, 0.15) is 0 Å². The first-order valence-electron chi connectivity index (χ1n) is 4.67. The Morgan fingerprint density at radius 1 is 1.67 bits per heavy atom. The van der Waals surface area contributed by atoms with Crippen molar-refractivity contribution in [3.63, 3.8) is 0 Å². The number of hydrogen-bond acceptors (Lipinski definition) is 2. The highest BCUT2D eigenvalue weighted by Crippen LogP contribution is 2.15. The minimum absolute atomic E-state index is 0.166. The van der Waals surface area contributed by atoms with Crippen LogP contribution in [0.3, 0.4) is 0 Å². The molecule has 0 spiro atoms. The van der Waals surface area contributed by atoms with E-state index in [0.717, 1.165) is 6.42 Å². The van der Waals surface area contributed by atoms with Crippen LogP contribution in [-0.4, -0.2) is 23.9 Å². The maximum Gasteiger partial charge on any atom is 0.290 e. The predicted molar refractivity (Wildman–Crippen MR) is 61.4 cm³/mol. The Hall–Kier alpha value is -1.21. The molecule has 0 unspecified atom stereocenters. The van der Waals surface area contributed by atoms with Crippen molar-refractivity contribution in [3.05, 3.63) is 22.6 Å². The minimum atomic E-state index is -0.166. The fourth-order valence-electron chi connectivity index (χ4n) is 1.22. The zero-order chi connectivity index (χ0) is 11.3. The van der Waals surface area contributed by atoms with Gasteiger partial charge in [0, 0.05) is 6.54 Å². The highest BCUT2D eigenvalue weighted by molar-refractivity contribution is 9.10. The smallest absolute Gasteiger partial charge is 0.290 e. The van der Waals surface area contributed by atoms with Crippen molar-refractivity contribution >= 4 is 21.8 Å². The summed E-state index contributed by atoms with van der Waals surface area (Å²) in [6.07, 6.45) is 6.07. The highest BCUT2D eigenvalue weighted by Gasteiger charge is 2.17. The van der Waals surface area contributed by atoms with Crippen molar-refractivity contribution in [2.45, 2.75) is 13.3 Å². The van der Waals surface area contributed by atoms with E-state index in [1.807, 2.05) is 6.92 Å². The highest BCUT2D eigenvalue weighted by atomic mass is 79.9. The topological polar surface area (TPSA) is 33.5 Å². The molecular formula is C11H12BrNO2. The van der Waals surface area contributed by atoms with E-state index >= 15 is 0 Å². The van der Waals surface area contributed by atoms with Crippen LogP contribution in [0, 0.1) is 12.3 Å². The number of carbonyl (C=O) groups excluding carboxylic acids is 1. The van der Waals surface area contributed by atoms with E-state index in [9.17, 15) is 4.79 Å². The van der Waals surface area contributed by atoms with Gasteiger partial charge in [-0.25, -0.2) is 0 Å². The van der Waals surface area contributed by atoms with Gasteiger partial charge >= 0.3 is 0 Å². The van der Waals surface area contributed by atoms with Crippen molar-refractivity contribution in [1.82, 2.24) is 4.90 Å². The summed E-state index contributed by atoms with van der Waals surface area (Å²) < 4.78 is 5.72. The van der Waals surface area contributed by atoms with Crippen LogP contribution in [0.4, 0.5) is 0 Å². The van der Waals surface area contributed by atoms with Crippen molar-refractivity contribution in [3.8, 4) is 12.3 Å². The number of halogens is 1. The summed E-state index contributed by atoms with van der Waals surface area (Å²) in [7, 11) is 0. The standard InChI is InChI=1S/C11H12BrNO2/c1-3-7-13(8-4-2)11(14)9-5-6-10(12)15-9/h1,5-6H,4,7-8H2,2H3. The molecule has 0 bridgehead atoms. The quantitative estimate of drug-likeness (QED) is 0.788. The van der Waals surface area contributed by atoms with Crippen LogP contribution < -0.4 is 0 Å². The Labute approximate surface area is 97.6 Å². The molecule has 0 saturated carbocycles. The van der Waals surface area contributed by atoms with Gasteiger partial charge in [-0.2, -0.15) is 0 Å². The molecule has 1 aromatic rings. The average molecular weight is 270 g/mol. The Balaban J connectivity index is 2.76. The Kier molecular flexibility index (Phi) is 4.44. The molecule has 3 nitrogen and oxygen atoms in total. The molecule has 0 aliphatic carbocycles. The van der Waals surface area contributed by atoms with Crippen LogP contribution in [-0.2, 0) is 0 Å². The van der Waals surface area contributed by atoms with E-state index in [1.54, 1.807) is 17.0 Å². The first-order chi connectivity index (χ1) is 7.19. The minimum Gasteiger partial charge on any atom is -0.444 e. The normalized spacial score (nSPS) is 9.67. The molecule has 0 fully saturated rings. The SMILES string of the molecule is C#CCN(CCC)C(=O)c1ccc(Br)o1. The largest absolute Gasteiger partial charge is 0.444 e. The summed E-state index contributed by atoms with van der Waals surface area (Å²) >= 11 is 3.15. The molecule has 80 valence electrons. The summed E-state index contributed by atoms with van der Waals surface area (Å²) in [4.78, 5) is 13.4. The van der Waals surface area contributed by atoms with Gasteiger partial charge in [0.2, 0.25) is 0 Å². The van der Waals surface area contributed by atoms with Crippen LogP contribution >= 0.6 is 15.9 Å². The van der Waals surface area contributed by atoms with E-state index in [-0.39, 0.29) is 5.91 Å². The maximum atomic E-state index is 11.9. The molecular weight excluding hydrogens is 258 g/mol. The molecule has 0 atom stereocenters. The lowest BCUT2D eigenvalue weighted by atomic mass is 10.3. The monoisotopic (exact) mass is 269 g/mol. The number of carbonyl (C=O) groups is 1. The van der Waals surface area contributed by atoms with Crippen LogP contribution in [0.1, 0.15) is 23.9 Å². The number of terminal acetylenes is 1. The molecule has 1 amide bonds. The molecule has 1 aromatic heterocycles. The average Bonchev–Trinajstić information content (AvgIpc) is 2.63. The molecule has 1 rings (SSSR count). The van der Waals surface area contributed by atoms with Crippen molar-refractivity contribution in [2.75, 3.05) is 13.1 Å². The van der Waals surface area contributed by atoms with Crippen LogP contribution in [0.15, 0.2) is 21.2 Å². The fraction of sp³-hybridized carbons (Fsp3) is 0.364. The third kappa shape index (κ3) is 3.14. The summed E-state index contributed by atoms with van der Waals surface area (Å²) in [5.41, 5.74) is 0. The van der Waals surface area contributed by atoms with Gasteiger partial charge in [0.05, 0.1) is 6.54 Å². The van der Waals surface area contributed by atoms with Crippen LogP contribution in [0.2, 0.25) is 0 Å². The fourth-order valence-corrected chi connectivity index (χ4v) is 1.52. The molecule has 0 aliphatic heterocycles. The second kappa shape index (κ2) is 5.62. The second-order valence-electron chi connectivity index (χ2n) is 3.03. The second-order valence-corrected chi connectivity index (χ2v) is 3.82. The Morgan fingerprint density at radius 3 is 2.87 bits per heavy atom. The zero-order valence-corrected chi connectivity index (χ0v) is 10.1. The van der Waals surface area contributed by atoms with E-state index in [0.29, 0.717) is 23.5 Å². The number of rotatable bonds is 4. The van der Waals surface area contributed by atoms with E-state index in [4.69, 9.17) is 10.8 Å². The zero-order valence-electron chi connectivity index (χ0n) is 8.50. The van der Waals surface area contributed by atoms with Gasteiger partial charge in [0.25, 0.3) is 5.91 Å². The summed E-state index contributed by atoms with van der Waals surface area (Å²) in [5.74, 6) is 2.61. The van der Waals surface area contributed by atoms with Gasteiger partial charge < -0.3 is 9.32 Å². The molecule has 0 radical (unpaired) electrons. The lowest BCUT2D eigenvalue weighted by Crippen LogP contribution is -2.31. The van der Waals surface area contributed by atoms with Crippen molar-refractivity contribution in [2.24, 2.45) is 0 Å². The number of nitrogens with zero attached hydrogens (tertiary/aromatic N) is 1. The summed E-state index contributed by atoms with van der Waals surface area (Å²) in [5, 5.41) is 0. The Morgan fingerprint density at radius 2 is 2.40 bits per heavy atom.